The Morgan fingerprint density at radius 1 is 0.875 bits per heavy atom. The minimum Gasteiger partial charge on any atom is -0.444 e. The van der Waals surface area contributed by atoms with E-state index in [-0.39, 0.29) is 6.61 Å². The summed E-state index contributed by atoms with van der Waals surface area (Å²) < 4.78 is 16.8. The Bertz CT molecular complexity index is 1220. The van der Waals surface area contributed by atoms with Crippen LogP contribution in [-0.2, 0) is 25.6 Å². The molecule has 1 heterocycles. The van der Waals surface area contributed by atoms with Gasteiger partial charge in [0.1, 0.15) is 18.2 Å². The van der Waals surface area contributed by atoms with Gasteiger partial charge in [0.25, 0.3) is 0 Å². The lowest BCUT2D eigenvalue weighted by molar-refractivity contribution is -0.129. The Morgan fingerprint density at radius 2 is 1.43 bits per heavy atom. The molecule has 3 aromatic rings. The van der Waals surface area contributed by atoms with Crippen LogP contribution in [0.3, 0.4) is 0 Å². The van der Waals surface area contributed by atoms with E-state index in [1.54, 1.807) is 20.8 Å². The fourth-order valence-corrected chi connectivity index (χ4v) is 4.71. The number of hydrogen-bond donors (Lipinski definition) is 1. The Balaban J connectivity index is 1.59. The van der Waals surface area contributed by atoms with Crippen molar-refractivity contribution in [1.29, 1.82) is 0 Å². The van der Waals surface area contributed by atoms with E-state index in [0.717, 1.165) is 16.7 Å². The third-order valence-electron chi connectivity index (χ3n) is 6.51. The predicted octanol–water partition coefficient (Wildman–Crippen LogP) is 6.01. The van der Waals surface area contributed by atoms with Gasteiger partial charge in [-0.3, -0.25) is 9.69 Å². The first-order valence-corrected chi connectivity index (χ1v) is 13.5. The highest BCUT2D eigenvalue weighted by molar-refractivity contribution is 5.86. The minimum absolute atomic E-state index is 0.0245. The zero-order chi connectivity index (χ0) is 28.5. The molecule has 1 aliphatic heterocycles. The molecule has 0 radical (unpaired) electrons. The van der Waals surface area contributed by atoms with E-state index in [1.807, 2.05) is 91.0 Å². The Hall–Kier alpha value is -4.33. The summed E-state index contributed by atoms with van der Waals surface area (Å²) in [4.78, 5) is 40.9. The monoisotopic (exact) mass is 544 g/mol. The van der Waals surface area contributed by atoms with Gasteiger partial charge < -0.3 is 19.5 Å². The lowest BCUT2D eigenvalue weighted by Crippen LogP contribution is -2.52. The number of hydrogen-bond acceptors (Lipinski definition) is 6. The number of amides is 2. The molecule has 1 fully saturated rings. The Kier molecular flexibility index (Phi) is 9.43. The van der Waals surface area contributed by atoms with E-state index in [4.69, 9.17) is 14.2 Å². The van der Waals surface area contributed by atoms with Crippen LogP contribution in [0.4, 0.5) is 9.59 Å². The van der Waals surface area contributed by atoms with Crippen LogP contribution in [0.25, 0.3) is 0 Å². The van der Waals surface area contributed by atoms with E-state index in [0.29, 0.717) is 19.4 Å². The second-order valence-corrected chi connectivity index (χ2v) is 10.7. The standard InChI is InChI=1S/C32H36N2O6/c1-32(2,3)40-30(36)34-21-13-20-26(34)28(35)33-29(39-31(37)38-22-23-14-7-4-8-15-23)27(24-16-9-5-10-17-24)25-18-11-6-12-19-25/h4-12,14-19,26-27,29H,13,20-22H2,1-3H3,(H,33,35)/t26-,29+/m0/s1. The van der Waals surface area contributed by atoms with E-state index in [2.05, 4.69) is 5.32 Å². The van der Waals surface area contributed by atoms with Crippen LogP contribution in [0.1, 0.15) is 56.2 Å². The molecule has 2 amide bonds. The first-order chi connectivity index (χ1) is 19.2. The van der Waals surface area contributed by atoms with Crippen LogP contribution in [-0.4, -0.2) is 47.5 Å². The Morgan fingerprint density at radius 3 is 1.98 bits per heavy atom. The third-order valence-corrected chi connectivity index (χ3v) is 6.51. The van der Waals surface area contributed by atoms with Crippen LogP contribution in [0.2, 0.25) is 0 Å². The largest absolute Gasteiger partial charge is 0.510 e. The van der Waals surface area contributed by atoms with Crippen LogP contribution in [0.15, 0.2) is 91.0 Å². The van der Waals surface area contributed by atoms with Gasteiger partial charge in [0, 0.05) is 6.54 Å². The average molecular weight is 545 g/mol. The molecular weight excluding hydrogens is 508 g/mol. The van der Waals surface area contributed by atoms with Crippen molar-refractivity contribution < 1.29 is 28.6 Å². The number of ether oxygens (including phenoxy) is 3. The highest BCUT2D eigenvalue weighted by atomic mass is 16.7. The molecule has 8 nitrogen and oxygen atoms in total. The number of rotatable bonds is 8. The fourth-order valence-electron chi connectivity index (χ4n) is 4.71. The first-order valence-electron chi connectivity index (χ1n) is 13.5. The maximum atomic E-state index is 13.7. The van der Waals surface area contributed by atoms with Gasteiger partial charge in [0.15, 0.2) is 6.23 Å². The van der Waals surface area contributed by atoms with E-state index >= 15 is 0 Å². The number of likely N-dealkylation sites (tertiary alicyclic amines) is 1. The highest BCUT2D eigenvalue weighted by Gasteiger charge is 2.39. The summed E-state index contributed by atoms with van der Waals surface area (Å²) in [6.07, 6.45) is -1.45. The lowest BCUT2D eigenvalue weighted by atomic mass is 9.89. The van der Waals surface area contributed by atoms with E-state index < -0.39 is 41.9 Å². The van der Waals surface area contributed by atoms with Crippen molar-refractivity contribution in [3.05, 3.63) is 108 Å². The molecule has 4 rings (SSSR count). The number of carbonyl (C=O) groups is 3. The van der Waals surface area contributed by atoms with Crippen LogP contribution < -0.4 is 5.32 Å². The highest BCUT2D eigenvalue weighted by Crippen LogP contribution is 2.30. The van der Waals surface area contributed by atoms with Gasteiger partial charge in [0.05, 0.1) is 5.92 Å². The van der Waals surface area contributed by atoms with Crippen LogP contribution >= 0.6 is 0 Å². The van der Waals surface area contributed by atoms with Gasteiger partial charge >= 0.3 is 12.2 Å². The van der Waals surface area contributed by atoms with Crippen molar-refractivity contribution >= 4 is 18.2 Å². The maximum absolute atomic E-state index is 13.7. The predicted molar refractivity (Wildman–Crippen MR) is 150 cm³/mol. The number of nitrogens with zero attached hydrogens (tertiary/aromatic N) is 1. The number of nitrogens with one attached hydrogen (secondary N) is 1. The van der Waals surface area contributed by atoms with Crippen LogP contribution in [0, 0.1) is 0 Å². The van der Waals surface area contributed by atoms with Gasteiger partial charge in [0.2, 0.25) is 5.91 Å². The maximum Gasteiger partial charge on any atom is 0.510 e. The Labute approximate surface area is 235 Å². The SMILES string of the molecule is CC(C)(C)OC(=O)N1CCC[C@H]1C(=O)N[C@H](OC(=O)OCc1ccccc1)C(c1ccccc1)c1ccccc1. The van der Waals surface area contributed by atoms with Crippen molar-refractivity contribution in [2.75, 3.05) is 6.54 Å². The third kappa shape index (κ3) is 7.85. The summed E-state index contributed by atoms with van der Waals surface area (Å²) >= 11 is 0. The quantitative estimate of drug-likeness (QED) is 0.276. The smallest absolute Gasteiger partial charge is 0.444 e. The molecule has 40 heavy (non-hydrogen) atoms. The van der Waals surface area contributed by atoms with Gasteiger partial charge in [-0.25, -0.2) is 9.59 Å². The summed E-state index contributed by atoms with van der Waals surface area (Å²) in [6.45, 7) is 5.77. The molecule has 8 heteroatoms. The fraction of sp³-hybridized carbons (Fsp3) is 0.344. The molecule has 0 spiro atoms. The minimum atomic E-state index is -1.11. The summed E-state index contributed by atoms with van der Waals surface area (Å²) in [5.41, 5.74) is 1.79. The molecular formula is C32H36N2O6. The first kappa shape index (κ1) is 28.7. The van der Waals surface area contributed by atoms with Gasteiger partial charge in [-0.15, -0.1) is 0 Å². The number of carbonyl (C=O) groups excluding carboxylic acids is 3. The van der Waals surface area contributed by atoms with Crippen molar-refractivity contribution in [2.24, 2.45) is 0 Å². The molecule has 0 aliphatic carbocycles. The van der Waals surface area contributed by atoms with Gasteiger partial charge in [-0.2, -0.15) is 0 Å². The molecule has 2 atom stereocenters. The molecule has 1 aliphatic rings. The van der Waals surface area contributed by atoms with Crippen molar-refractivity contribution in [2.45, 2.75) is 64.0 Å². The zero-order valence-electron chi connectivity index (χ0n) is 23.1. The second kappa shape index (κ2) is 13.2. The lowest BCUT2D eigenvalue weighted by Gasteiger charge is -2.31. The van der Waals surface area contributed by atoms with Crippen molar-refractivity contribution in [3.63, 3.8) is 0 Å². The van der Waals surface area contributed by atoms with E-state index in [9.17, 15) is 14.4 Å². The zero-order valence-corrected chi connectivity index (χ0v) is 23.1. The molecule has 0 aromatic heterocycles. The molecule has 1 N–H and O–H groups in total. The molecule has 0 bridgehead atoms. The summed E-state index contributed by atoms with van der Waals surface area (Å²) in [5.74, 6) is -0.965. The summed E-state index contributed by atoms with van der Waals surface area (Å²) in [7, 11) is 0. The molecule has 3 aromatic carbocycles. The topological polar surface area (TPSA) is 94.2 Å². The molecule has 0 saturated carbocycles. The average Bonchev–Trinajstić information content (AvgIpc) is 3.44. The normalized spacial score (nSPS) is 15.8. The molecule has 1 saturated heterocycles. The van der Waals surface area contributed by atoms with Gasteiger partial charge in [-0.05, 0) is 50.3 Å². The molecule has 210 valence electrons. The van der Waals surface area contributed by atoms with Crippen molar-refractivity contribution in [3.8, 4) is 0 Å². The van der Waals surface area contributed by atoms with Crippen LogP contribution in [0.5, 0.6) is 0 Å². The summed E-state index contributed by atoms with van der Waals surface area (Å²) in [6, 6.07) is 27.5. The second-order valence-electron chi connectivity index (χ2n) is 10.7. The molecule has 0 unspecified atom stereocenters. The summed E-state index contributed by atoms with van der Waals surface area (Å²) in [5, 5.41) is 2.92. The van der Waals surface area contributed by atoms with Crippen molar-refractivity contribution in [1.82, 2.24) is 10.2 Å². The van der Waals surface area contributed by atoms with Gasteiger partial charge in [-0.1, -0.05) is 91.0 Å². The van der Waals surface area contributed by atoms with E-state index in [1.165, 1.54) is 4.90 Å². The number of benzene rings is 3.